The standard InChI is InChI=1S/C24H26N4O3/c1-25-24(30)22-20-12-13-27(21(29)16-17-8-10-19(31-2)11-9-17)14-15-28(20)23(26-22)18-6-4-3-5-7-18/h3-11H,12-16H2,1-2H3,(H,25,30). The zero-order valence-electron chi connectivity index (χ0n) is 17.8. The van der Waals surface area contributed by atoms with Gasteiger partial charge in [-0.05, 0) is 17.7 Å². The van der Waals surface area contributed by atoms with E-state index in [0.717, 1.165) is 28.4 Å². The van der Waals surface area contributed by atoms with Crippen LogP contribution in [0.25, 0.3) is 11.4 Å². The molecule has 0 aliphatic carbocycles. The quantitative estimate of drug-likeness (QED) is 0.691. The minimum absolute atomic E-state index is 0.0756. The van der Waals surface area contributed by atoms with Crippen LogP contribution in [0.1, 0.15) is 21.7 Å². The number of hydrogen-bond acceptors (Lipinski definition) is 4. The second-order valence-electron chi connectivity index (χ2n) is 7.48. The molecule has 2 amide bonds. The Morgan fingerprint density at radius 2 is 1.77 bits per heavy atom. The summed E-state index contributed by atoms with van der Waals surface area (Å²) in [6.07, 6.45) is 0.919. The fourth-order valence-corrected chi connectivity index (χ4v) is 3.94. The van der Waals surface area contributed by atoms with Crippen LogP contribution in [0.4, 0.5) is 0 Å². The minimum atomic E-state index is -0.205. The number of carbonyl (C=O) groups excluding carboxylic acids is 2. The highest BCUT2D eigenvalue weighted by Crippen LogP contribution is 2.25. The fourth-order valence-electron chi connectivity index (χ4n) is 3.94. The third-order valence-electron chi connectivity index (χ3n) is 5.63. The van der Waals surface area contributed by atoms with E-state index in [1.807, 2.05) is 59.5 Å². The lowest BCUT2D eigenvalue weighted by atomic mass is 10.1. The van der Waals surface area contributed by atoms with Crippen molar-refractivity contribution in [3.05, 3.63) is 71.5 Å². The first-order chi connectivity index (χ1) is 15.1. The van der Waals surface area contributed by atoms with Gasteiger partial charge in [0.15, 0.2) is 0 Å². The van der Waals surface area contributed by atoms with Gasteiger partial charge in [0.2, 0.25) is 5.91 Å². The molecule has 1 N–H and O–H groups in total. The molecule has 31 heavy (non-hydrogen) atoms. The normalized spacial score (nSPS) is 13.3. The first kappa shape index (κ1) is 20.7. The number of nitrogens with one attached hydrogen (secondary N) is 1. The molecule has 4 rings (SSSR count). The topological polar surface area (TPSA) is 76.5 Å². The third-order valence-corrected chi connectivity index (χ3v) is 5.63. The molecule has 2 heterocycles. The monoisotopic (exact) mass is 418 g/mol. The highest BCUT2D eigenvalue weighted by molar-refractivity contribution is 5.94. The van der Waals surface area contributed by atoms with Crippen LogP contribution in [0, 0.1) is 0 Å². The van der Waals surface area contributed by atoms with Crippen molar-refractivity contribution < 1.29 is 14.3 Å². The molecule has 0 unspecified atom stereocenters. The van der Waals surface area contributed by atoms with Crippen LogP contribution in [0.3, 0.4) is 0 Å². The molecule has 1 aliphatic heterocycles. The summed E-state index contributed by atoms with van der Waals surface area (Å²) in [5, 5.41) is 2.69. The van der Waals surface area contributed by atoms with Crippen molar-refractivity contribution >= 4 is 11.8 Å². The Hall–Kier alpha value is -3.61. The number of ether oxygens (including phenoxy) is 1. The first-order valence-electron chi connectivity index (χ1n) is 10.4. The van der Waals surface area contributed by atoms with E-state index >= 15 is 0 Å². The first-order valence-corrected chi connectivity index (χ1v) is 10.4. The smallest absolute Gasteiger partial charge is 0.271 e. The van der Waals surface area contributed by atoms with Crippen LogP contribution in [0.5, 0.6) is 5.75 Å². The molecule has 0 spiro atoms. The lowest BCUT2D eigenvalue weighted by Crippen LogP contribution is -2.35. The number of aromatic nitrogens is 2. The van der Waals surface area contributed by atoms with Crippen molar-refractivity contribution in [1.82, 2.24) is 19.8 Å². The molecular formula is C24H26N4O3. The number of nitrogens with zero attached hydrogens (tertiary/aromatic N) is 3. The third kappa shape index (κ3) is 4.30. The van der Waals surface area contributed by atoms with E-state index < -0.39 is 0 Å². The van der Waals surface area contributed by atoms with Gasteiger partial charge in [0.05, 0.1) is 19.2 Å². The number of methoxy groups -OCH3 is 1. The molecule has 2 aromatic carbocycles. The number of amides is 2. The summed E-state index contributed by atoms with van der Waals surface area (Å²) < 4.78 is 7.27. The average Bonchev–Trinajstić information content (AvgIpc) is 3.03. The van der Waals surface area contributed by atoms with E-state index in [1.54, 1.807) is 14.2 Å². The van der Waals surface area contributed by atoms with Gasteiger partial charge >= 0.3 is 0 Å². The predicted octanol–water partition coefficient (Wildman–Crippen LogP) is 2.55. The summed E-state index contributed by atoms with van der Waals surface area (Å²) >= 11 is 0. The summed E-state index contributed by atoms with van der Waals surface area (Å²) in [5.41, 5.74) is 3.22. The summed E-state index contributed by atoms with van der Waals surface area (Å²) in [6.45, 7) is 1.72. The van der Waals surface area contributed by atoms with Crippen LogP contribution in [-0.4, -0.2) is 53.5 Å². The minimum Gasteiger partial charge on any atom is -0.497 e. The number of hydrogen-bond donors (Lipinski definition) is 1. The Kier molecular flexibility index (Phi) is 6.02. The van der Waals surface area contributed by atoms with Gasteiger partial charge in [0.25, 0.3) is 5.91 Å². The Bertz CT molecular complexity index is 1070. The Balaban J connectivity index is 1.56. The SMILES string of the molecule is CNC(=O)c1nc(-c2ccccc2)n2c1CCN(C(=O)Cc1ccc(OC)cc1)CC2. The van der Waals surface area contributed by atoms with Crippen molar-refractivity contribution in [2.45, 2.75) is 19.4 Å². The van der Waals surface area contributed by atoms with Crippen LogP contribution >= 0.6 is 0 Å². The Morgan fingerprint density at radius 3 is 2.45 bits per heavy atom. The molecule has 7 heteroatoms. The molecule has 3 aromatic rings. The van der Waals surface area contributed by atoms with Crippen molar-refractivity contribution in [1.29, 1.82) is 0 Å². The summed E-state index contributed by atoms with van der Waals surface area (Å²) in [4.78, 5) is 32.0. The van der Waals surface area contributed by atoms with Gasteiger partial charge in [-0.1, -0.05) is 42.5 Å². The van der Waals surface area contributed by atoms with E-state index in [1.165, 1.54) is 0 Å². The maximum Gasteiger partial charge on any atom is 0.271 e. The van der Waals surface area contributed by atoms with E-state index in [4.69, 9.17) is 4.74 Å². The van der Waals surface area contributed by atoms with Gasteiger partial charge in [-0.15, -0.1) is 0 Å². The van der Waals surface area contributed by atoms with E-state index in [2.05, 4.69) is 14.9 Å². The van der Waals surface area contributed by atoms with Gasteiger partial charge in [-0.2, -0.15) is 0 Å². The summed E-state index contributed by atoms with van der Waals surface area (Å²) in [5.74, 6) is 1.40. The fraction of sp³-hybridized carbons (Fsp3) is 0.292. The highest BCUT2D eigenvalue weighted by atomic mass is 16.5. The second-order valence-corrected chi connectivity index (χ2v) is 7.48. The lowest BCUT2D eigenvalue weighted by molar-refractivity contribution is -0.130. The maximum absolute atomic E-state index is 13.0. The number of benzene rings is 2. The van der Waals surface area contributed by atoms with Crippen LogP contribution in [0.15, 0.2) is 54.6 Å². The van der Waals surface area contributed by atoms with Crippen LogP contribution in [-0.2, 0) is 24.2 Å². The second kappa shape index (κ2) is 9.04. The van der Waals surface area contributed by atoms with Crippen molar-refractivity contribution in [3.8, 4) is 17.1 Å². The summed E-state index contributed by atoms with van der Waals surface area (Å²) in [7, 11) is 3.23. The highest BCUT2D eigenvalue weighted by Gasteiger charge is 2.27. The lowest BCUT2D eigenvalue weighted by Gasteiger charge is -2.20. The predicted molar refractivity (Wildman–Crippen MR) is 118 cm³/mol. The van der Waals surface area contributed by atoms with Crippen molar-refractivity contribution in [2.75, 3.05) is 27.2 Å². The molecule has 7 nitrogen and oxygen atoms in total. The van der Waals surface area contributed by atoms with Crippen LogP contribution < -0.4 is 10.1 Å². The molecule has 0 saturated carbocycles. The summed E-state index contributed by atoms with van der Waals surface area (Å²) in [6, 6.07) is 17.4. The van der Waals surface area contributed by atoms with E-state index in [9.17, 15) is 9.59 Å². The number of rotatable bonds is 5. The maximum atomic E-state index is 13.0. The molecule has 160 valence electrons. The zero-order chi connectivity index (χ0) is 21.8. The molecule has 0 fully saturated rings. The van der Waals surface area contributed by atoms with Gasteiger partial charge in [0.1, 0.15) is 17.3 Å². The Labute approximate surface area is 181 Å². The number of imidazole rings is 1. The Morgan fingerprint density at radius 1 is 1.03 bits per heavy atom. The number of carbonyl (C=O) groups is 2. The number of fused-ring (bicyclic) bond motifs is 1. The van der Waals surface area contributed by atoms with Gasteiger partial charge < -0.3 is 19.5 Å². The van der Waals surface area contributed by atoms with Crippen molar-refractivity contribution in [2.24, 2.45) is 0 Å². The average molecular weight is 418 g/mol. The van der Waals surface area contributed by atoms with Gasteiger partial charge in [-0.3, -0.25) is 9.59 Å². The molecular weight excluding hydrogens is 392 g/mol. The van der Waals surface area contributed by atoms with Gasteiger partial charge in [-0.25, -0.2) is 4.98 Å². The van der Waals surface area contributed by atoms with Gasteiger partial charge in [0, 0.05) is 38.7 Å². The molecule has 0 radical (unpaired) electrons. The van der Waals surface area contributed by atoms with E-state index in [-0.39, 0.29) is 11.8 Å². The largest absolute Gasteiger partial charge is 0.497 e. The van der Waals surface area contributed by atoms with E-state index in [0.29, 0.717) is 38.2 Å². The molecule has 0 atom stereocenters. The molecule has 1 aliphatic rings. The molecule has 1 aromatic heterocycles. The zero-order valence-corrected chi connectivity index (χ0v) is 17.8. The molecule has 0 saturated heterocycles. The molecule has 0 bridgehead atoms. The van der Waals surface area contributed by atoms with Crippen LogP contribution in [0.2, 0.25) is 0 Å². The van der Waals surface area contributed by atoms with Crippen molar-refractivity contribution in [3.63, 3.8) is 0 Å².